The number of hydrogen-bond donors (Lipinski definition) is 2. The monoisotopic (exact) mass is 321 g/mol. The minimum Gasteiger partial charge on any atom is -0.320 e. The lowest BCUT2D eigenvalue weighted by molar-refractivity contribution is 0.364. The summed E-state index contributed by atoms with van der Waals surface area (Å²) in [6.07, 6.45) is 0. The average Bonchev–Trinajstić information content (AvgIpc) is 2.22. The molecule has 0 unspecified atom stereocenters. The molecule has 3 N–H and O–H groups in total. The van der Waals surface area contributed by atoms with Crippen molar-refractivity contribution in [3.05, 3.63) is 27.7 Å². The number of halogens is 2. The van der Waals surface area contributed by atoms with Crippen LogP contribution in [0.2, 0.25) is 10.0 Å². The van der Waals surface area contributed by atoms with Gasteiger partial charge >= 0.3 is 0 Å². The molecule has 5 nitrogen and oxygen atoms in total. The predicted octanol–water partition coefficient (Wildman–Crippen LogP) is 1.06. The Labute approximate surface area is 122 Å². The smallest absolute Gasteiger partial charge is 0.256 e. The van der Waals surface area contributed by atoms with Gasteiger partial charge in [0.05, 0.1) is 16.6 Å². The summed E-state index contributed by atoms with van der Waals surface area (Å²) in [6, 6.07) is 2.86. The first kappa shape index (κ1) is 16.2. The van der Waals surface area contributed by atoms with Gasteiger partial charge in [-0.1, -0.05) is 35.0 Å². The van der Waals surface area contributed by atoms with E-state index in [1.165, 1.54) is 17.1 Å². The average molecular weight is 322 g/mol. The van der Waals surface area contributed by atoms with E-state index >= 15 is 0 Å². The maximum atomic E-state index is 12.0. The van der Waals surface area contributed by atoms with Gasteiger partial charge in [-0.2, -0.15) is 0 Å². The molecular weight excluding hydrogens is 309 g/mol. The van der Waals surface area contributed by atoms with Gasteiger partial charge in [-0.25, -0.2) is 13.4 Å². The second-order valence-electron chi connectivity index (χ2n) is 3.76. The number of rotatable bonds is 3. The number of sulfonamides is 1. The zero-order chi connectivity index (χ0) is 14.6. The zero-order valence-electron chi connectivity index (χ0n) is 10.4. The molecule has 0 fully saturated rings. The summed E-state index contributed by atoms with van der Waals surface area (Å²) >= 11 is 11.9. The lowest BCUT2D eigenvalue weighted by Crippen LogP contribution is -2.36. The van der Waals surface area contributed by atoms with E-state index < -0.39 is 10.0 Å². The fraction of sp³-hybridized carbons (Fsp3) is 0.273. The number of hydrazine groups is 1. The Morgan fingerprint density at radius 2 is 1.84 bits per heavy atom. The van der Waals surface area contributed by atoms with E-state index in [0.717, 1.165) is 0 Å². The Bertz CT molecular complexity index is 610. The molecule has 1 aromatic carbocycles. The van der Waals surface area contributed by atoms with Gasteiger partial charge in [-0.05, 0) is 12.1 Å². The third-order valence-electron chi connectivity index (χ3n) is 1.90. The summed E-state index contributed by atoms with van der Waals surface area (Å²) in [4.78, 5) is 2.08. The van der Waals surface area contributed by atoms with Gasteiger partial charge in [0, 0.05) is 19.7 Å². The van der Waals surface area contributed by atoms with Crippen molar-refractivity contribution in [2.75, 3.05) is 20.6 Å². The summed E-state index contributed by atoms with van der Waals surface area (Å²) in [5, 5.41) is 1.29. The van der Waals surface area contributed by atoms with Gasteiger partial charge < -0.3 is 5.73 Å². The molecule has 0 aromatic heterocycles. The van der Waals surface area contributed by atoms with Crippen LogP contribution in [-0.4, -0.2) is 34.1 Å². The molecule has 1 rings (SSSR count). The molecule has 0 spiro atoms. The largest absolute Gasteiger partial charge is 0.320 e. The Morgan fingerprint density at radius 1 is 1.32 bits per heavy atom. The van der Waals surface area contributed by atoms with Gasteiger partial charge in [0.15, 0.2) is 0 Å². The van der Waals surface area contributed by atoms with E-state index in [-0.39, 0.29) is 21.5 Å². The van der Waals surface area contributed by atoms with Gasteiger partial charge in [0.25, 0.3) is 10.0 Å². The normalized spacial score (nSPS) is 11.3. The zero-order valence-corrected chi connectivity index (χ0v) is 12.7. The van der Waals surface area contributed by atoms with Crippen LogP contribution in [0.15, 0.2) is 17.0 Å². The topological polar surface area (TPSA) is 75.4 Å². The van der Waals surface area contributed by atoms with E-state index in [9.17, 15) is 8.42 Å². The van der Waals surface area contributed by atoms with E-state index in [1.54, 1.807) is 14.1 Å². The highest BCUT2D eigenvalue weighted by molar-refractivity contribution is 7.89. The molecule has 0 saturated heterocycles. The highest BCUT2D eigenvalue weighted by atomic mass is 35.5. The summed E-state index contributed by atoms with van der Waals surface area (Å²) in [7, 11) is -0.735. The maximum Gasteiger partial charge on any atom is 0.256 e. The van der Waals surface area contributed by atoms with Crippen molar-refractivity contribution < 1.29 is 8.42 Å². The molecule has 0 aliphatic rings. The summed E-state index contributed by atoms with van der Waals surface area (Å²) in [5.74, 6) is 5.37. The van der Waals surface area contributed by atoms with Crippen LogP contribution in [0.1, 0.15) is 5.56 Å². The van der Waals surface area contributed by atoms with Crippen LogP contribution < -0.4 is 10.6 Å². The van der Waals surface area contributed by atoms with Crippen molar-refractivity contribution in [2.45, 2.75) is 4.90 Å². The van der Waals surface area contributed by atoms with E-state index in [0.29, 0.717) is 5.56 Å². The predicted molar refractivity (Wildman–Crippen MR) is 76.4 cm³/mol. The van der Waals surface area contributed by atoms with Crippen LogP contribution in [0, 0.1) is 11.8 Å². The maximum absolute atomic E-state index is 12.0. The van der Waals surface area contributed by atoms with Crippen LogP contribution >= 0.6 is 23.2 Å². The number of nitrogens with one attached hydrogen (secondary N) is 1. The Balaban J connectivity index is 3.32. The molecule has 104 valence electrons. The lowest BCUT2D eigenvalue weighted by Gasteiger charge is -2.14. The van der Waals surface area contributed by atoms with Crippen LogP contribution in [0.25, 0.3) is 0 Å². The second-order valence-corrected chi connectivity index (χ2v) is 6.18. The summed E-state index contributed by atoms with van der Waals surface area (Å²) in [5.41, 5.74) is 5.76. The minimum absolute atomic E-state index is 0.00294. The van der Waals surface area contributed by atoms with Crippen molar-refractivity contribution in [2.24, 2.45) is 5.73 Å². The van der Waals surface area contributed by atoms with Crippen molar-refractivity contribution in [1.29, 1.82) is 0 Å². The molecule has 0 aliphatic heterocycles. The Kier molecular flexibility index (Phi) is 5.62. The van der Waals surface area contributed by atoms with Crippen LogP contribution in [-0.2, 0) is 10.0 Å². The van der Waals surface area contributed by atoms with Crippen LogP contribution in [0.5, 0.6) is 0 Å². The van der Waals surface area contributed by atoms with E-state index in [1.807, 2.05) is 0 Å². The van der Waals surface area contributed by atoms with E-state index in [4.69, 9.17) is 28.9 Å². The van der Waals surface area contributed by atoms with Crippen molar-refractivity contribution in [3.8, 4) is 11.8 Å². The van der Waals surface area contributed by atoms with Crippen molar-refractivity contribution in [1.82, 2.24) is 9.84 Å². The summed E-state index contributed by atoms with van der Waals surface area (Å²) < 4.78 is 24.1. The first-order valence-electron chi connectivity index (χ1n) is 5.15. The molecule has 0 atom stereocenters. The first-order valence-corrected chi connectivity index (χ1v) is 7.39. The van der Waals surface area contributed by atoms with Gasteiger partial charge in [0.1, 0.15) is 4.90 Å². The standard InChI is InChI=1S/C11H13Cl2N3O2S/c1-16(2)15-19(17,18)11-9(12)6-8(4-3-5-14)7-10(11)13/h6-7,15H,5,14H2,1-2H3. The molecule has 0 saturated carbocycles. The molecule has 19 heavy (non-hydrogen) atoms. The highest BCUT2D eigenvalue weighted by Crippen LogP contribution is 2.30. The first-order chi connectivity index (χ1) is 8.77. The molecule has 8 heteroatoms. The molecule has 0 bridgehead atoms. The molecule has 0 amide bonds. The SMILES string of the molecule is CN(C)NS(=O)(=O)c1c(Cl)cc(C#CCN)cc1Cl. The quantitative estimate of drug-likeness (QED) is 0.644. The van der Waals surface area contributed by atoms with Gasteiger partial charge in [-0.15, -0.1) is 4.83 Å². The molecule has 1 aromatic rings. The fourth-order valence-corrected chi connectivity index (χ4v) is 3.63. The Morgan fingerprint density at radius 3 is 2.26 bits per heavy atom. The van der Waals surface area contributed by atoms with Crippen LogP contribution in [0.4, 0.5) is 0 Å². The highest BCUT2D eigenvalue weighted by Gasteiger charge is 2.22. The third-order valence-corrected chi connectivity index (χ3v) is 4.31. The number of nitrogens with two attached hydrogens (primary N) is 1. The summed E-state index contributed by atoms with van der Waals surface area (Å²) in [6.45, 7) is 0.192. The minimum atomic E-state index is -3.82. The Hall–Kier alpha value is -0.810. The van der Waals surface area contributed by atoms with Crippen LogP contribution in [0.3, 0.4) is 0 Å². The molecule has 0 heterocycles. The number of hydrogen-bond acceptors (Lipinski definition) is 4. The lowest BCUT2D eigenvalue weighted by atomic mass is 10.2. The molecule has 0 radical (unpaired) electrons. The molecule has 0 aliphatic carbocycles. The number of benzene rings is 1. The molecular formula is C11H13Cl2N3O2S. The van der Waals surface area contributed by atoms with E-state index in [2.05, 4.69) is 16.7 Å². The second kappa shape index (κ2) is 6.57. The van der Waals surface area contributed by atoms with Crippen molar-refractivity contribution >= 4 is 33.2 Å². The van der Waals surface area contributed by atoms with Gasteiger partial charge in [-0.3, -0.25) is 0 Å². The number of nitrogens with zero attached hydrogens (tertiary/aromatic N) is 1. The van der Waals surface area contributed by atoms with Gasteiger partial charge in [0.2, 0.25) is 0 Å². The van der Waals surface area contributed by atoms with Crippen molar-refractivity contribution in [3.63, 3.8) is 0 Å². The fourth-order valence-electron chi connectivity index (χ4n) is 1.33. The third kappa shape index (κ3) is 4.35.